The van der Waals surface area contributed by atoms with Crippen LogP contribution >= 0.6 is 12.4 Å². The van der Waals surface area contributed by atoms with Gasteiger partial charge in [-0.25, -0.2) is 0 Å². The Bertz CT molecular complexity index is 302. The molecule has 1 heterocycles. The van der Waals surface area contributed by atoms with E-state index in [2.05, 4.69) is 5.32 Å². The summed E-state index contributed by atoms with van der Waals surface area (Å²) < 4.78 is 27.1. The molecule has 1 aliphatic rings. The lowest BCUT2D eigenvalue weighted by atomic mass is 10.3. The highest BCUT2D eigenvalue weighted by molar-refractivity contribution is 7.86. The maximum Gasteiger partial charge on any atom is 0.282 e. The Hall–Kier alpha value is 0.120. The van der Waals surface area contributed by atoms with Gasteiger partial charge in [0.05, 0.1) is 0 Å². The SMILES string of the molecule is CC(C)N(C)S(=O)(=O)N(C)C1CCNC1.Cl. The van der Waals surface area contributed by atoms with Gasteiger partial charge < -0.3 is 5.32 Å². The summed E-state index contributed by atoms with van der Waals surface area (Å²) in [5.41, 5.74) is 0. The van der Waals surface area contributed by atoms with Crippen LogP contribution in [0.2, 0.25) is 0 Å². The molecule has 1 fully saturated rings. The summed E-state index contributed by atoms with van der Waals surface area (Å²) in [5, 5.41) is 3.17. The normalized spacial score (nSPS) is 21.8. The lowest BCUT2D eigenvalue weighted by Crippen LogP contribution is -2.47. The van der Waals surface area contributed by atoms with Crippen molar-refractivity contribution in [2.75, 3.05) is 27.2 Å². The highest BCUT2D eigenvalue weighted by atomic mass is 35.5. The first-order chi connectivity index (χ1) is 6.87. The fourth-order valence-corrected chi connectivity index (χ4v) is 3.10. The Morgan fingerprint density at radius 3 is 2.25 bits per heavy atom. The van der Waals surface area contributed by atoms with E-state index in [0.717, 1.165) is 19.5 Å². The molecule has 0 aromatic rings. The average Bonchev–Trinajstić information content (AvgIpc) is 2.67. The molecule has 1 unspecified atom stereocenters. The standard InChI is InChI=1S/C9H21N3O2S.ClH/c1-8(2)11(3)15(13,14)12(4)9-5-6-10-7-9;/h8-10H,5-7H2,1-4H3;1H. The second-order valence-corrected chi connectivity index (χ2v) is 6.33. The summed E-state index contributed by atoms with van der Waals surface area (Å²) >= 11 is 0. The topological polar surface area (TPSA) is 52.7 Å². The number of hydrogen-bond acceptors (Lipinski definition) is 3. The number of halogens is 1. The number of nitrogens with zero attached hydrogens (tertiary/aromatic N) is 2. The fourth-order valence-electron chi connectivity index (χ4n) is 1.61. The van der Waals surface area contributed by atoms with Gasteiger partial charge in [0.25, 0.3) is 10.2 Å². The summed E-state index contributed by atoms with van der Waals surface area (Å²) in [6, 6.07) is 0.0861. The molecule has 1 atom stereocenters. The molecule has 0 radical (unpaired) electrons. The molecule has 7 heteroatoms. The van der Waals surface area contributed by atoms with Gasteiger partial charge in [-0.2, -0.15) is 17.0 Å². The van der Waals surface area contributed by atoms with Crippen molar-refractivity contribution < 1.29 is 8.42 Å². The quantitative estimate of drug-likeness (QED) is 0.800. The molecule has 0 amide bonds. The van der Waals surface area contributed by atoms with Gasteiger partial charge in [-0.15, -0.1) is 12.4 Å². The molecule has 0 aromatic carbocycles. The highest BCUT2D eigenvalue weighted by Gasteiger charge is 2.32. The van der Waals surface area contributed by atoms with Crippen LogP contribution in [-0.4, -0.2) is 56.3 Å². The summed E-state index contributed by atoms with van der Waals surface area (Å²) in [5.74, 6) is 0. The number of likely N-dealkylation sites (N-methyl/N-ethyl adjacent to an activating group) is 1. The zero-order valence-corrected chi connectivity index (χ0v) is 11.9. The predicted octanol–water partition coefficient (Wildman–Crippen LogP) is 0.287. The van der Waals surface area contributed by atoms with Gasteiger partial charge in [-0.05, 0) is 26.8 Å². The summed E-state index contributed by atoms with van der Waals surface area (Å²) in [4.78, 5) is 0. The Kier molecular flexibility index (Phi) is 6.21. The van der Waals surface area contributed by atoms with E-state index in [4.69, 9.17) is 0 Å². The minimum atomic E-state index is -3.30. The largest absolute Gasteiger partial charge is 0.315 e. The van der Waals surface area contributed by atoms with Crippen molar-refractivity contribution in [3.8, 4) is 0 Å². The minimum Gasteiger partial charge on any atom is -0.315 e. The lowest BCUT2D eigenvalue weighted by Gasteiger charge is -2.30. The molecule has 1 aliphatic heterocycles. The van der Waals surface area contributed by atoms with Gasteiger partial charge in [-0.1, -0.05) is 0 Å². The van der Waals surface area contributed by atoms with Crippen molar-refractivity contribution >= 4 is 22.6 Å². The van der Waals surface area contributed by atoms with Crippen molar-refractivity contribution in [1.29, 1.82) is 0 Å². The van der Waals surface area contributed by atoms with Crippen LogP contribution in [0.4, 0.5) is 0 Å². The minimum absolute atomic E-state index is 0. The Morgan fingerprint density at radius 2 is 1.88 bits per heavy atom. The van der Waals surface area contributed by atoms with Gasteiger partial charge in [0.2, 0.25) is 0 Å². The molecule has 5 nitrogen and oxygen atoms in total. The molecular formula is C9H22ClN3O2S. The molecular weight excluding hydrogens is 250 g/mol. The van der Waals surface area contributed by atoms with Gasteiger partial charge in [0.1, 0.15) is 0 Å². The molecule has 16 heavy (non-hydrogen) atoms. The monoisotopic (exact) mass is 271 g/mol. The van der Waals surface area contributed by atoms with Crippen molar-refractivity contribution in [2.45, 2.75) is 32.4 Å². The Balaban J connectivity index is 0.00000225. The molecule has 1 rings (SSSR count). The number of hydrogen-bond donors (Lipinski definition) is 1. The Morgan fingerprint density at radius 1 is 1.31 bits per heavy atom. The van der Waals surface area contributed by atoms with E-state index in [1.165, 1.54) is 8.61 Å². The van der Waals surface area contributed by atoms with E-state index in [1.807, 2.05) is 13.8 Å². The molecule has 1 saturated heterocycles. The first-order valence-electron chi connectivity index (χ1n) is 5.29. The van der Waals surface area contributed by atoms with Crippen LogP contribution in [0.3, 0.4) is 0 Å². The molecule has 0 aromatic heterocycles. The second-order valence-electron chi connectivity index (χ2n) is 4.28. The second kappa shape index (κ2) is 6.16. The molecule has 0 aliphatic carbocycles. The summed E-state index contributed by atoms with van der Waals surface area (Å²) in [7, 11) is -0.0125. The van der Waals surface area contributed by atoms with E-state index in [1.54, 1.807) is 14.1 Å². The van der Waals surface area contributed by atoms with E-state index in [9.17, 15) is 8.42 Å². The first-order valence-corrected chi connectivity index (χ1v) is 6.68. The van der Waals surface area contributed by atoms with Gasteiger partial charge in [0.15, 0.2) is 0 Å². The van der Waals surface area contributed by atoms with Gasteiger partial charge >= 0.3 is 0 Å². The van der Waals surface area contributed by atoms with E-state index in [-0.39, 0.29) is 24.5 Å². The molecule has 0 bridgehead atoms. The van der Waals surface area contributed by atoms with Crippen molar-refractivity contribution in [1.82, 2.24) is 13.9 Å². The van der Waals surface area contributed by atoms with Crippen LogP contribution in [0, 0.1) is 0 Å². The zero-order valence-electron chi connectivity index (χ0n) is 10.3. The van der Waals surface area contributed by atoms with Crippen LogP contribution in [0.25, 0.3) is 0 Å². The van der Waals surface area contributed by atoms with Crippen LogP contribution in [-0.2, 0) is 10.2 Å². The van der Waals surface area contributed by atoms with E-state index in [0.29, 0.717) is 0 Å². The van der Waals surface area contributed by atoms with Crippen molar-refractivity contribution in [3.05, 3.63) is 0 Å². The van der Waals surface area contributed by atoms with Crippen molar-refractivity contribution in [2.24, 2.45) is 0 Å². The van der Waals surface area contributed by atoms with E-state index >= 15 is 0 Å². The number of rotatable bonds is 4. The zero-order chi connectivity index (χ0) is 11.6. The van der Waals surface area contributed by atoms with Crippen LogP contribution in [0.5, 0.6) is 0 Å². The summed E-state index contributed by atoms with van der Waals surface area (Å²) in [6.45, 7) is 5.40. The average molecular weight is 272 g/mol. The van der Waals surface area contributed by atoms with Crippen LogP contribution < -0.4 is 5.32 Å². The van der Waals surface area contributed by atoms with Crippen LogP contribution in [0.15, 0.2) is 0 Å². The molecule has 0 saturated carbocycles. The number of nitrogens with one attached hydrogen (secondary N) is 1. The maximum atomic E-state index is 12.1. The fraction of sp³-hybridized carbons (Fsp3) is 1.00. The third-order valence-corrected chi connectivity index (χ3v) is 5.18. The summed E-state index contributed by atoms with van der Waals surface area (Å²) in [6.07, 6.45) is 0.891. The molecule has 0 spiro atoms. The maximum absolute atomic E-state index is 12.1. The van der Waals surface area contributed by atoms with Gasteiger partial charge in [0, 0.05) is 32.7 Å². The smallest absolute Gasteiger partial charge is 0.282 e. The van der Waals surface area contributed by atoms with Crippen molar-refractivity contribution in [3.63, 3.8) is 0 Å². The Labute approximate surface area is 105 Å². The predicted molar refractivity (Wildman–Crippen MR) is 68.1 cm³/mol. The van der Waals surface area contributed by atoms with Gasteiger partial charge in [-0.3, -0.25) is 0 Å². The molecule has 1 N–H and O–H groups in total. The molecule has 98 valence electrons. The van der Waals surface area contributed by atoms with E-state index < -0.39 is 10.2 Å². The van der Waals surface area contributed by atoms with Crippen LogP contribution in [0.1, 0.15) is 20.3 Å². The lowest BCUT2D eigenvalue weighted by molar-refractivity contribution is 0.323. The first kappa shape index (κ1) is 16.1. The highest BCUT2D eigenvalue weighted by Crippen LogP contribution is 2.15. The third-order valence-electron chi connectivity index (χ3n) is 3.00. The third kappa shape index (κ3) is 3.30.